The molecule has 2 aliphatic rings. The quantitative estimate of drug-likeness (QED) is 0.254. The van der Waals surface area contributed by atoms with E-state index in [9.17, 15) is 18.3 Å². The number of anilines is 2. The number of para-hydroxylation sites is 1. The molecular weight excluding hydrogens is 487 g/mol. The predicted molar refractivity (Wildman–Crippen MR) is 142 cm³/mol. The zero-order valence-electron chi connectivity index (χ0n) is 20.3. The van der Waals surface area contributed by atoms with Crippen LogP contribution in [0.2, 0.25) is 0 Å². The van der Waals surface area contributed by atoms with Gasteiger partial charge in [-0.3, -0.25) is 9.11 Å². The van der Waals surface area contributed by atoms with Gasteiger partial charge in [0.2, 0.25) is 5.83 Å². The summed E-state index contributed by atoms with van der Waals surface area (Å²) in [4.78, 5) is 14.6. The van der Waals surface area contributed by atoms with Gasteiger partial charge >= 0.3 is 5.97 Å². The molecule has 0 spiro atoms. The number of carboxylic acids is 1. The number of rotatable bonds is 8. The van der Waals surface area contributed by atoms with E-state index in [4.69, 9.17) is 5.11 Å². The molecule has 35 heavy (non-hydrogen) atoms. The zero-order valence-corrected chi connectivity index (χ0v) is 21.9. The van der Waals surface area contributed by atoms with Gasteiger partial charge in [-0.2, -0.15) is 4.39 Å². The van der Waals surface area contributed by atoms with Gasteiger partial charge < -0.3 is 10.0 Å². The third kappa shape index (κ3) is 4.97. The van der Waals surface area contributed by atoms with E-state index < -0.39 is 28.0 Å². The summed E-state index contributed by atoms with van der Waals surface area (Å²) in [6.45, 7) is 2.71. The zero-order chi connectivity index (χ0) is 25.4. The summed E-state index contributed by atoms with van der Waals surface area (Å²) in [5, 5.41) is 9.12. The van der Waals surface area contributed by atoms with Crippen molar-refractivity contribution in [3.63, 3.8) is 0 Å². The lowest BCUT2D eigenvalue weighted by Gasteiger charge is -2.43. The molecule has 190 valence electrons. The fraction of sp³-hybridized carbons (Fsp3) is 0.423. The molecule has 1 heterocycles. The van der Waals surface area contributed by atoms with E-state index in [2.05, 4.69) is 11.8 Å². The number of fused-ring (bicyclic) bond motifs is 1. The maximum absolute atomic E-state index is 14.2. The van der Waals surface area contributed by atoms with Crippen molar-refractivity contribution >= 4 is 39.9 Å². The van der Waals surface area contributed by atoms with Gasteiger partial charge in [0.05, 0.1) is 10.6 Å². The first-order valence-electron chi connectivity index (χ1n) is 11.8. The number of unbranched alkanes of at least 4 members (excludes halogenated alkanes) is 1. The minimum atomic E-state index is -3.35. The fourth-order valence-corrected chi connectivity index (χ4v) is 7.16. The predicted octanol–water partition coefficient (Wildman–Crippen LogP) is 7.04. The van der Waals surface area contributed by atoms with Gasteiger partial charge in [-0.05, 0) is 61.4 Å². The largest absolute Gasteiger partial charge is 0.476 e. The highest BCUT2D eigenvalue weighted by Gasteiger charge is 2.47. The Morgan fingerprint density at radius 1 is 1.26 bits per heavy atom. The summed E-state index contributed by atoms with van der Waals surface area (Å²) in [7, 11) is -1.59. The number of halogens is 1. The number of hydrogen-bond donors (Lipinski definition) is 3. The Morgan fingerprint density at radius 2 is 1.94 bits per heavy atom. The van der Waals surface area contributed by atoms with E-state index in [1.807, 2.05) is 42.7 Å². The molecule has 3 N–H and O–H groups in total. The molecule has 4 rings (SSSR count). The Labute approximate surface area is 212 Å². The Hall–Kier alpha value is -2.04. The van der Waals surface area contributed by atoms with Crippen molar-refractivity contribution in [2.24, 2.45) is 0 Å². The van der Waals surface area contributed by atoms with Crippen LogP contribution in [-0.4, -0.2) is 50.4 Å². The normalized spacial score (nSPS) is 22.3. The van der Waals surface area contributed by atoms with Crippen molar-refractivity contribution in [3.8, 4) is 0 Å². The second-order valence-electron chi connectivity index (χ2n) is 9.28. The lowest BCUT2D eigenvalue weighted by atomic mass is 9.94. The van der Waals surface area contributed by atoms with E-state index in [0.29, 0.717) is 30.0 Å². The highest BCUT2D eigenvalue weighted by atomic mass is 32.3. The van der Waals surface area contributed by atoms with Gasteiger partial charge in [-0.15, -0.1) is 22.5 Å². The molecule has 0 radical (unpaired) electrons. The number of thioether (sulfide) groups is 1. The second kappa shape index (κ2) is 10.1. The van der Waals surface area contributed by atoms with Crippen LogP contribution in [0.15, 0.2) is 64.2 Å². The SMILES string of the molecule is CCCCC1CN(c2ccccc2)c2cc(SC)c(C3(/C=C(/F)C(=O)O)CC3)cc2S(O)(O)N1C. The van der Waals surface area contributed by atoms with Crippen LogP contribution in [0.4, 0.5) is 15.8 Å². The summed E-state index contributed by atoms with van der Waals surface area (Å²) in [5.41, 5.74) is 1.66. The van der Waals surface area contributed by atoms with Gasteiger partial charge in [-0.25, -0.2) is 9.10 Å². The second-order valence-corrected chi connectivity index (χ2v) is 12.2. The van der Waals surface area contributed by atoms with Gasteiger partial charge in [0, 0.05) is 35.6 Å². The molecule has 1 aliphatic carbocycles. The molecule has 6 nitrogen and oxygen atoms in total. The Balaban J connectivity index is 1.93. The molecular formula is C26H33FN2O4S2. The number of allylic oxidation sites excluding steroid dienone is 1. The average molecular weight is 521 g/mol. The van der Waals surface area contributed by atoms with E-state index >= 15 is 0 Å². The molecule has 0 aromatic heterocycles. The average Bonchev–Trinajstić information content (AvgIpc) is 3.64. The minimum absolute atomic E-state index is 0.0898. The molecule has 1 unspecified atom stereocenters. The molecule has 0 saturated heterocycles. The number of benzene rings is 2. The fourth-order valence-electron chi connectivity index (χ4n) is 4.82. The van der Waals surface area contributed by atoms with E-state index in [1.165, 1.54) is 17.8 Å². The molecule has 1 fully saturated rings. The molecule has 0 bridgehead atoms. The number of carboxylic acid groups (broad SMARTS) is 1. The van der Waals surface area contributed by atoms with Crippen LogP contribution < -0.4 is 4.90 Å². The highest BCUT2D eigenvalue weighted by molar-refractivity contribution is 8.22. The number of hydrogen-bond acceptors (Lipinski definition) is 6. The third-order valence-electron chi connectivity index (χ3n) is 7.07. The van der Waals surface area contributed by atoms with E-state index in [-0.39, 0.29) is 6.04 Å². The van der Waals surface area contributed by atoms with Crippen LogP contribution in [0.5, 0.6) is 0 Å². The lowest BCUT2D eigenvalue weighted by Crippen LogP contribution is -2.39. The summed E-state index contributed by atoms with van der Waals surface area (Å²) in [5.74, 6) is -2.77. The number of nitrogens with zero attached hydrogens (tertiary/aromatic N) is 2. The summed E-state index contributed by atoms with van der Waals surface area (Å²) < 4.78 is 39.1. The third-order valence-corrected chi connectivity index (χ3v) is 9.86. The van der Waals surface area contributed by atoms with Gasteiger partial charge in [0.1, 0.15) is 0 Å². The first-order valence-corrected chi connectivity index (χ1v) is 14.6. The standard InChI is InChI=1S/C26H33FN2O4S2/c1-4-5-9-19-17-29(18-10-7-6-8-11-18)22-15-23(34-3)20(14-24(22)35(32,33)28(19)2)26(12-13-26)16-21(27)25(30)31/h6-8,10-11,14-16,19,32-33H,4-5,9,12-13,17H2,1-3H3,(H,30,31)/b21-16+. The molecule has 2 aromatic rings. The Bertz CT molecular complexity index is 1120. The topological polar surface area (TPSA) is 84.2 Å². The Morgan fingerprint density at radius 3 is 2.51 bits per heavy atom. The number of carbonyl (C=O) groups is 1. The van der Waals surface area contributed by atoms with Crippen molar-refractivity contribution in [2.75, 3.05) is 24.7 Å². The highest BCUT2D eigenvalue weighted by Crippen LogP contribution is 2.62. The van der Waals surface area contributed by atoms with Crippen molar-refractivity contribution in [3.05, 3.63) is 59.9 Å². The van der Waals surface area contributed by atoms with Crippen molar-refractivity contribution in [2.45, 2.75) is 60.3 Å². The summed E-state index contributed by atoms with van der Waals surface area (Å²) in [6, 6.07) is 13.6. The Kier molecular flexibility index (Phi) is 7.54. The summed E-state index contributed by atoms with van der Waals surface area (Å²) >= 11 is 1.50. The summed E-state index contributed by atoms with van der Waals surface area (Å²) in [6.07, 6.45) is 7.12. The van der Waals surface area contributed by atoms with E-state index in [0.717, 1.165) is 35.4 Å². The van der Waals surface area contributed by atoms with E-state index in [1.54, 1.807) is 17.4 Å². The van der Waals surface area contributed by atoms with Gasteiger partial charge in [0.25, 0.3) is 0 Å². The number of aliphatic carboxylic acids is 1. The van der Waals surface area contributed by atoms with Gasteiger partial charge in [-0.1, -0.05) is 38.0 Å². The van der Waals surface area contributed by atoms with Crippen LogP contribution in [0.3, 0.4) is 0 Å². The van der Waals surface area contributed by atoms with Crippen LogP contribution in [0, 0.1) is 0 Å². The molecule has 2 aromatic carbocycles. The molecule has 1 aliphatic heterocycles. The van der Waals surface area contributed by atoms with Crippen molar-refractivity contribution in [1.82, 2.24) is 4.31 Å². The van der Waals surface area contributed by atoms with Crippen LogP contribution in [-0.2, 0) is 10.2 Å². The maximum atomic E-state index is 14.2. The van der Waals surface area contributed by atoms with Crippen LogP contribution in [0.25, 0.3) is 0 Å². The van der Waals surface area contributed by atoms with Crippen molar-refractivity contribution < 1.29 is 23.4 Å². The van der Waals surface area contributed by atoms with Crippen LogP contribution in [0.1, 0.15) is 44.6 Å². The first-order chi connectivity index (χ1) is 16.6. The number of likely N-dealkylation sites (N-methyl/N-ethyl adjacent to an activating group) is 1. The molecule has 9 heteroatoms. The lowest BCUT2D eigenvalue weighted by molar-refractivity contribution is -0.134. The molecule has 0 amide bonds. The monoisotopic (exact) mass is 520 g/mol. The van der Waals surface area contributed by atoms with Crippen molar-refractivity contribution in [1.29, 1.82) is 0 Å². The smallest absolute Gasteiger partial charge is 0.364 e. The first kappa shape index (κ1) is 26.0. The van der Waals surface area contributed by atoms with Gasteiger partial charge in [0.15, 0.2) is 0 Å². The maximum Gasteiger partial charge on any atom is 0.364 e. The minimum Gasteiger partial charge on any atom is -0.476 e. The van der Waals surface area contributed by atoms with Crippen LogP contribution >= 0.6 is 22.5 Å². The molecule has 1 saturated carbocycles. The molecule has 1 atom stereocenters.